The third kappa shape index (κ3) is 4.55. The largest absolute Gasteiger partial charge is 0.444 e. The molecule has 4 rings (SSSR count). The highest BCUT2D eigenvalue weighted by molar-refractivity contribution is 5.69. The molecular formula is C24H30N3O2. The zero-order valence-electron chi connectivity index (χ0n) is 17.5. The summed E-state index contributed by atoms with van der Waals surface area (Å²) < 4.78 is 5.57. The van der Waals surface area contributed by atoms with E-state index in [1.54, 1.807) is 4.90 Å². The van der Waals surface area contributed by atoms with E-state index in [1.165, 1.54) is 12.0 Å². The lowest BCUT2D eigenvalue weighted by atomic mass is 9.89. The van der Waals surface area contributed by atoms with E-state index in [0.29, 0.717) is 12.5 Å². The number of H-pyrrole nitrogens is 1. The van der Waals surface area contributed by atoms with Gasteiger partial charge in [-0.2, -0.15) is 0 Å². The molecule has 1 aliphatic heterocycles. The van der Waals surface area contributed by atoms with Gasteiger partial charge in [0.05, 0.1) is 17.9 Å². The summed E-state index contributed by atoms with van der Waals surface area (Å²) in [4.78, 5) is 22.4. The highest BCUT2D eigenvalue weighted by atomic mass is 16.6. The molecule has 2 aromatic rings. The fourth-order valence-corrected chi connectivity index (χ4v) is 4.11. The number of aromatic amines is 1. The predicted molar refractivity (Wildman–Crippen MR) is 114 cm³/mol. The molecule has 1 aliphatic carbocycles. The first-order valence-corrected chi connectivity index (χ1v) is 10.6. The lowest BCUT2D eigenvalue weighted by Gasteiger charge is -2.27. The highest BCUT2D eigenvalue weighted by Crippen LogP contribution is 2.33. The van der Waals surface area contributed by atoms with Gasteiger partial charge in [0.15, 0.2) is 0 Å². The lowest BCUT2D eigenvalue weighted by molar-refractivity contribution is 0.0219. The van der Waals surface area contributed by atoms with Crippen LogP contribution in [0.5, 0.6) is 0 Å². The molecule has 1 aromatic carbocycles. The average molecular weight is 393 g/mol. The Morgan fingerprint density at radius 2 is 2.00 bits per heavy atom. The zero-order chi connectivity index (χ0) is 20.4. The Kier molecular flexibility index (Phi) is 5.48. The topological polar surface area (TPSA) is 58.2 Å². The Hall–Kier alpha value is -2.56. The van der Waals surface area contributed by atoms with Crippen molar-refractivity contribution < 1.29 is 9.53 Å². The van der Waals surface area contributed by atoms with Crippen molar-refractivity contribution in [3.8, 4) is 11.3 Å². The number of ether oxygens (including phenoxy) is 1. The van der Waals surface area contributed by atoms with E-state index in [1.807, 2.05) is 27.0 Å². The first-order valence-electron chi connectivity index (χ1n) is 10.6. The van der Waals surface area contributed by atoms with Gasteiger partial charge in [-0.15, -0.1) is 0 Å². The number of hydrogen-bond donors (Lipinski definition) is 1. The number of imidazole rings is 1. The van der Waals surface area contributed by atoms with Gasteiger partial charge in [-0.05, 0) is 64.0 Å². The number of hydrogen-bond acceptors (Lipinski definition) is 3. The van der Waals surface area contributed by atoms with E-state index in [2.05, 4.69) is 52.8 Å². The van der Waals surface area contributed by atoms with Crippen molar-refractivity contribution in [3.05, 3.63) is 60.4 Å². The van der Waals surface area contributed by atoms with Crippen LogP contribution >= 0.6 is 0 Å². The van der Waals surface area contributed by atoms with Gasteiger partial charge in [-0.25, -0.2) is 9.78 Å². The number of likely N-dealkylation sites (tertiary alicyclic amines) is 1. The van der Waals surface area contributed by atoms with Gasteiger partial charge >= 0.3 is 6.09 Å². The van der Waals surface area contributed by atoms with E-state index in [0.717, 1.165) is 36.3 Å². The van der Waals surface area contributed by atoms with Crippen LogP contribution in [0.2, 0.25) is 0 Å². The molecule has 153 valence electrons. The number of aromatic nitrogens is 2. The number of allylic oxidation sites excluding steroid dienone is 2. The van der Waals surface area contributed by atoms with Crippen molar-refractivity contribution in [2.45, 2.75) is 64.0 Å². The minimum absolute atomic E-state index is 0.0542. The molecule has 1 aromatic heterocycles. The second kappa shape index (κ2) is 8.05. The van der Waals surface area contributed by atoms with Gasteiger partial charge in [0, 0.05) is 12.5 Å². The van der Waals surface area contributed by atoms with Gasteiger partial charge in [-0.1, -0.05) is 36.4 Å². The third-order valence-electron chi connectivity index (χ3n) is 5.57. The number of nitrogens with zero attached hydrogens (tertiary/aromatic N) is 2. The molecule has 0 spiro atoms. The molecule has 2 atom stereocenters. The molecule has 0 saturated carbocycles. The number of rotatable bonds is 3. The molecule has 5 heteroatoms. The zero-order valence-corrected chi connectivity index (χ0v) is 17.5. The monoisotopic (exact) mass is 392 g/mol. The molecule has 0 bridgehead atoms. The Balaban J connectivity index is 1.48. The Morgan fingerprint density at radius 1 is 1.21 bits per heavy atom. The van der Waals surface area contributed by atoms with Crippen LogP contribution in [0.1, 0.15) is 69.8 Å². The summed E-state index contributed by atoms with van der Waals surface area (Å²) in [6.07, 6.45) is 12.4. The minimum Gasteiger partial charge on any atom is -0.444 e. The fourth-order valence-electron chi connectivity index (χ4n) is 4.11. The van der Waals surface area contributed by atoms with Crippen LogP contribution in [0.15, 0.2) is 42.6 Å². The fraction of sp³-hybridized carbons (Fsp3) is 0.458. The quantitative estimate of drug-likeness (QED) is 0.719. The molecular weight excluding hydrogens is 362 g/mol. The second-order valence-corrected chi connectivity index (χ2v) is 8.94. The van der Waals surface area contributed by atoms with E-state index < -0.39 is 5.60 Å². The lowest BCUT2D eigenvalue weighted by Crippen LogP contribution is -2.36. The van der Waals surface area contributed by atoms with Crippen molar-refractivity contribution in [2.75, 3.05) is 6.54 Å². The Labute approximate surface area is 173 Å². The third-order valence-corrected chi connectivity index (χ3v) is 5.57. The first-order chi connectivity index (χ1) is 13.9. The molecule has 1 radical (unpaired) electrons. The highest BCUT2D eigenvalue weighted by Gasteiger charge is 2.34. The van der Waals surface area contributed by atoms with E-state index in [4.69, 9.17) is 4.74 Å². The molecule has 29 heavy (non-hydrogen) atoms. The first kappa shape index (κ1) is 19.7. The molecule has 1 fully saturated rings. The smallest absolute Gasteiger partial charge is 0.410 e. The van der Waals surface area contributed by atoms with Crippen LogP contribution in [0.3, 0.4) is 0 Å². The van der Waals surface area contributed by atoms with E-state index in [-0.39, 0.29) is 12.1 Å². The molecule has 1 saturated heterocycles. The van der Waals surface area contributed by atoms with E-state index >= 15 is 0 Å². The van der Waals surface area contributed by atoms with Crippen LogP contribution in [0.25, 0.3) is 11.3 Å². The van der Waals surface area contributed by atoms with Gasteiger partial charge in [0.2, 0.25) is 0 Å². The van der Waals surface area contributed by atoms with Crippen LogP contribution in [0, 0.1) is 6.42 Å². The Bertz CT molecular complexity index is 876. The maximum Gasteiger partial charge on any atom is 0.410 e. The van der Waals surface area contributed by atoms with Gasteiger partial charge in [-0.3, -0.25) is 4.90 Å². The standard InChI is InChI=1S/C24H30N3O2/c1-24(2,3)29-23(28)27-15-7-10-21(27)22-25-16-20(26-22)19-13-11-18(12-14-19)17-8-5-4-6-9-17/h4-5,8,11-14,16-17,21H,6-7,9-10,15H2,1-3H3,(H,25,26)/t17-,21+/m1/s1. The summed E-state index contributed by atoms with van der Waals surface area (Å²) in [6, 6.07) is 8.66. The normalized spacial score (nSPS) is 22.1. The van der Waals surface area contributed by atoms with Gasteiger partial charge < -0.3 is 9.72 Å². The van der Waals surface area contributed by atoms with Gasteiger partial charge in [0.25, 0.3) is 0 Å². The summed E-state index contributed by atoms with van der Waals surface area (Å²) in [5.74, 6) is 1.34. The van der Waals surface area contributed by atoms with Crippen molar-refractivity contribution >= 4 is 6.09 Å². The van der Waals surface area contributed by atoms with Crippen molar-refractivity contribution in [2.24, 2.45) is 0 Å². The molecule has 1 N–H and O–H groups in total. The summed E-state index contributed by atoms with van der Waals surface area (Å²) in [6.45, 7) is 6.39. The molecule has 2 heterocycles. The number of carbonyl (C=O) groups excluding carboxylic acids is 1. The van der Waals surface area contributed by atoms with Crippen molar-refractivity contribution in [3.63, 3.8) is 0 Å². The maximum absolute atomic E-state index is 12.6. The second-order valence-electron chi connectivity index (χ2n) is 8.94. The number of benzene rings is 1. The van der Waals surface area contributed by atoms with Crippen LogP contribution in [-0.2, 0) is 4.74 Å². The van der Waals surface area contributed by atoms with Crippen LogP contribution in [0.4, 0.5) is 4.79 Å². The Morgan fingerprint density at radius 3 is 2.69 bits per heavy atom. The number of amides is 1. The summed E-state index contributed by atoms with van der Waals surface area (Å²) >= 11 is 0. The summed E-state index contributed by atoms with van der Waals surface area (Å²) in [5.41, 5.74) is 2.95. The van der Waals surface area contributed by atoms with Crippen LogP contribution in [-0.4, -0.2) is 33.1 Å². The van der Waals surface area contributed by atoms with Crippen molar-refractivity contribution in [1.82, 2.24) is 14.9 Å². The molecule has 0 unspecified atom stereocenters. The molecule has 1 amide bonds. The average Bonchev–Trinajstić information content (AvgIpc) is 3.37. The number of carbonyl (C=O) groups is 1. The maximum atomic E-state index is 12.6. The SMILES string of the molecule is CC(C)(C)OC(=O)N1CCC[C@H]1c1ncc(-c2ccc([C@@H]3C=C[CH]CC3)cc2)[nH]1. The summed E-state index contributed by atoms with van der Waals surface area (Å²) in [5, 5.41) is 0. The minimum atomic E-state index is -0.494. The summed E-state index contributed by atoms with van der Waals surface area (Å²) in [7, 11) is 0. The number of nitrogens with one attached hydrogen (secondary N) is 1. The molecule has 2 aliphatic rings. The predicted octanol–water partition coefficient (Wildman–Crippen LogP) is 5.79. The van der Waals surface area contributed by atoms with E-state index in [9.17, 15) is 4.79 Å². The molecule has 5 nitrogen and oxygen atoms in total. The van der Waals surface area contributed by atoms with Crippen LogP contribution < -0.4 is 0 Å². The van der Waals surface area contributed by atoms with Gasteiger partial charge in [0.1, 0.15) is 11.4 Å². The van der Waals surface area contributed by atoms with Crippen molar-refractivity contribution in [1.29, 1.82) is 0 Å².